The average molecular weight is 152 g/mol. The van der Waals surface area contributed by atoms with Gasteiger partial charge in [-0.25, -0.2) is 0 Å². The summed E-state index contributed by atoms with van der Waals surface area (Å²) in [6.07, 6.45) is 0. The molecule has 0 saturated carbocycles. The molecule has 3 N–H and O–H groups in total. The Morgan fingerprint density at radius 3 is 2.64 bits per heavy atom. The van der Waals surface area contributed by atoms with E-state index in [-0.39, 0.29) is 5.56 Å². The van der Waals surface area contributed by atoms with Crippen molar-refractivity contribution >= 4 is 5.91 Å². The maximum atomic E-state index is 10.9. The molecule has 0 aromatic heterocycles. The first kappa shape index (κ1) is 7.40. The summed E-state index contributed by atoms with van der Waals surface area (Å²) in [6, 6.07) is 3.86. The van der Waals surface area contributed by atoms with Gasteiger partial charge in [0.05, 0.1) is 0 Å². The molecule has 0 spiro atoms. The molecule has 0 unspecified atom stereocenters. The lowest BCUT2D eigenvalue weighted by atomic mass is 10.2. The van der Waals surface area contributed by atoms with Crippen LogP contribution in [-0.2, 0) is 0 Å². The first-order chi connectivity index (χ1) is 5.13. The Morgan fingerprint density at radius 1 is 1.55 bits per heavy atom. The number of phenols is 1. The van der Waals surface area contributed by atoms with Gasteiger partial charge in [0.1, 0.15) is 5.75 Å². The van der Waals surface area contributed by atoms with Crippen molar-refractivity contribution in [3.05, 3.63) is 23.8 Å². The molecule has 0 saturated heterocycles. The smallest absolute Gasteiger partial charge is 0.248 e. The van der Waals surface area contributed by atoms with E-state index < -0.39 is 17.4 Å². The SMILES string of the molecule is NC(=O)c1cccc(O)c1[O-]. The summed E-state index contributed by atoms with van der Waals surface area (Å²) in [6.45, 7) is 0. The number of carbonyl (C=O) groups is 1. The van der Waals surface area contributed by atoms with Gasteiger partial charge in [-0.3, -0.25) is 4.79 Å². The fourth-order valence-corrected chi connectivity index (χ4v) is 0.719. The maximum absolute atomic E-state index is 10.9. The lowest BCUT2D eigenvalue weighted by Crippen LogP contribution is -2.13. The van der Waals surface area contributed by atoms with Gasteiger partial charge in [0.2, 0.25) is 5.91 Å². The van der Waals surface area contributed by atoms with Gasteiger partial charge in [-0.05, 0) is 12.1 Å². The van der Waals surface area contributed by atoms with Crippen molar-refractivity contribution in [3.63, 3.8) is 0 Å². The molecule has 0 atom stereocenters. The lowest BCUT2D eigenvalue weighted by Gasteiger charge is -2.11. The van der Waals surface area contributed by atoms with Crippen LogP contribution in [0.1, 0.15) is 10.4 Å². The molecule has 1 aromatic rings. The van der Waals surface area contributed by atoms with Crippen LogP contribution in [0.4, 0.5) is 0 Å². The number of aromatic hydroxyl groups is 1. The van der Waals surface area contributed by atoms with Crippen LogP contribution in [-0.4, -0.2) is 11.0 Å². The Kier molecular flexibility index (Phi) is 1.68. The molecule has 4 nitrogen and oxygen atoms in total. The van der Waals surface area contributed by atoms with Crippen molar-refractivity contribution < 1.29 is 15.0 Å². The summed E-state index contributed by atoms with van der Waals surface area (Å²) in [5.74, 6) is -2.01. The second-order valence-corrected chi connectivity index (χ2v) is 2.02. The van der Waals surface area contributed by atoms with Crippen molar-refractivity contribution in [3.8, 4) is 11.5 Å². The molecule has 0 radical (unpaired) electrons. The average Bonchev–Trinajstić information content (AvgIpc) is 1.94. The van der Waals surface area contributed by atoms with E-state index in [0.717, 1.165) is 0 Å². The van der Waals surface area contributed by atoms with E-state index in [2.05, 4.69) is 0 Å². The lowest BCUT2D eigenvalue weighted by molar-refractivity contribution is -0.270. The molecule has 0 heterocycles. The fourth-order valence-electron chi connectivity index (χ4n) is 0.719. The minimum Gasteiger partial charge on any atom is -0.869 e. The highest BCUT2D eigenvalue weighted by atomic mass is 16.3. The van der Waals surface area contributed by atoms with Crippen LogP contribution in [0.2, 0.25) is 0 Å². The van der Waals surface area contributed by atoms with E-state index >= 15 is 0 Å². The van der Waals surface area contributed by atoms with Crippen LogP contribution in [0.15, 0.2) is 18.2 Å². The Bertz CT molecular complexity index is 296. The number of primary amides is 1. The second-order valence-electron chi connectivity index (χ2n) is 2.02. The van der Waals surface area contributed by atoms with Crippen LogP contribution in [0.5, 0.6) is 11.5 Å². The van der Waals surface area contributed by atoms with Crippen LogP contribution in [0.25, 0.3) is 0 Å². The molecule has 0 aliphatic rings. The van der Waals surface area contributed by atoms with Gasteiger partial charge < -0.3 is 15.9 Å². The predicted octanol–water partition coefficient (Wildman–Crippen LogP) is -0.435. The topological polar surface area (TPSA) is 86.4 Å². The first-order valence-corrected chi connectivity index (χ1v) is 2.91. The van der Waals surface area contributed by atoms with Crippen LogP contribution < -0.4 is 10.8 Å². The predicted molar refractivity (Wildman–Crippen MR) is 36.1 cm³/mol. The minimum atomic E-state index is -0.828. The molecule has 1 amide bonds. The highest BCUT2D eigenvalue weighted by Crippen LogP contribution is 2.24. The van der Waals surface area contributed by atoms with E-state index in [1.54, 1.807) is 0 Å². The molecule has 1 rings (SSSR count). The quantitative estimate of drug-likeness (QED) is 0.572. The van der Waals surface area contributed by atoms with Crippen LogP contribution >= 0.6 is 0 Å². The molecule has 4 heteroatoms. The number of carbonyl (C=O) groups excluding carboxylic acids is 1. The van der Waals surface area contributed by atoms with Crippen molar-refractivity contribution in [2.24, 2.45) is 5.73 Å². The van der Waals surface area contributed by atoms with E-state index in [9.17, 15) is 9.90 Å². The zero-order chi connectivity index (χ0) is 8.43. The van der Waals surface area contributed by atoms with Gasteiger partial charge in [-0.15, -0.1) is 0 Å². The number of para-hydroxylation sites is 1. The highest BCUT2D eigenvalue weighted by molar-refractivity contribution is 5.96. The molecule has 0 aliphatic carbocycles. The van der Waals surface area contributed by atoms with Crippen molar-refractivity contribution in [1.82, 2.24) is 0 Å². The standard InChI is InChI=1S/C7H7NO3/c8-7(11)4-2-1-3-5(9)6(4)10/h1-3,9-10H,(H2,8,11)/p-1. The van der Waals surface area contributed by atoms with Crippen LogP contribution in [0.3, 0.4) is 0 Å². The Hall–Kier alpha value is -1.71. The van der Waals surface area contributed by atoms with Gasteiger partial charge in [-0.2, -0.15) is 0 Å². The third-order valence-electron chi connectivity index (χ3n) is 1.26. The van der Waals surface area contributed by atoms with E-state index in [1.807, 2.05) is 0 Å². The third-order valence-corrected chi connectivity index (χ3v) is 1.26. The maximum Gasteiger partial charge on any atom is 0.248 e. The van der Waals surface area contributed by atoms with Crippen LogP contribution in [0, 0.1) is 0 Å². The molecule has 0 fully saturated rings. The fraction of sp³-hybridized carbons (Fsp3) is 0. The Morgan fingerprint density at radius 2 is 2.18 bits per heavy atom. The molecule has 0 bridgehead atoms. The number of benzene rings is 1. The van der Waals surface area contributed by atoms with Gasteiger partial charge in [0.25, 0.3) is 0 Å². The number of rotatable bonds is 1. The van der Waals surface area contributed by atoms with Gasteiger partial charge in [0, 0.05) is 5.56 Å². The number of amides is 1. The largest absolute Gasteiger partial charge is 0.869 e. The van der Waals surface area contributed by atoms with E-state index in [4.69, 9.17) is 10.8 Å². The van der Waals surface area contributed by atoms with Gasteiger partial charge in [0.15, 0.2) is 0 Å². The van der Waals surface area contributed by atoms with Crippen molar-refractivity contribution in [2.45, 2.75) is 0 Å². The summed E-state index contributed by atoms with van der Waals surface area (Å²) in [4.78, 5) is 10.5. The molecule has 1 aromatic carbocycles. The Balaban J connectivity index is 3.27. The molecule has 0 aliphatic heterocycles. The number of nitrogens with two attached hydrogens (primary N) is 1. The minimum absolute atomic E-state index is 0.190. The summed E-state index contributed by atoms with van der Waals surface area (Å²) >= 11 is 0. The third kappa shape index (κ3) is 1.24. The van der Waals surface area contributed by atoms with E-state index in [1.165, 1.54) is 18.2 Å². The number of phenolic OH excluding ortho intramolecular Hbond substituents is 1. The molecular formula is C7H6NO3-. The first-order valence-electron chi connectivity index (χ1n) is 2.91. The molecule has 58 valence electrons. The van der Waals surface area contributed by atoms with Crippen molar-refractivity contribution in [1.29, 1.82) is 0 Å². The van der Waals surface area contributed by atoms with Gasteiger partial charge >= 0.3 is 0 Å². The van der Waals surface area contributed by atoms with E-state index in [0.29, 0.717) is 0 Å². The normalized spacial score (nSPS) is 9.45. The monoisotopic (exact) mass is 152 g/mol. The Labute approximate surface area is 62.9 Å². The summed E-state index contributed by atoms with van der Waals surface area (Å²) in [5.41, 5.74) is 4.64. The summed E-state index contributed by atoms with van der Waals surface area (Å²) < 4.78 is 0. The highest BCUT2D eigenvalue weighted by Gasteiger charge is 2.02. The number of hydrogen-bond acceptors (Lipinski definition) is 3. The number of hydrogen-bond donors (Lipinski definition) is 2. The summed E-state index contributed by atoms with van der Waals surface area (Å²) in [5, 5.41) is 19.7. The molecule has 11 heavy (non-hydrogen) atoms. The molecular weight excluding hydrogens is 146 g/mol. The van der Waals surface area contributed by atoms with Crippen molar-refractivity contribution in [2.75, 3.05) is 0 Å². The zero-order valence-electron chi connectivity index (χ0n) is 5.57. The summed E-state index contributed by atoms with van der Waals surface area (Å²) in [7, 11) is 0. The second kappa shape index (κ2) is 2.49. The zero-order valence-corrected chi connectivity index (χ0v) is 5.57. The van der Waals surface area contributed by atoms with Gasteiger partial charge in [-0.1, -0.05) is 11.8 Å².